The van der Waals surface area contributed by atoms with Gasteiger partial charge in [0.25, 0.3) is 0 Å². The lowest BCUT2D eigenvalue weighted by molar-refractivity contribution is -0.140. The molecule has 4 N–H and O–H groups in total. The molecule has 0 fully saturated rings. The smallest absolute Gasteiger partial charge is 0.325 e. The van der Waals surface area contributed by atoms with Crippen molar-refractivity contribution in [1.82, 2.24) is 0 Å². The second-order valence-corrected chi connectivity index (χ2v) is 7.75. The Hall–Kier alpha value is -4.35. The van der Waals surface area contributed by atoms with Crippen molar-refractivity contribution in [2.24, 2.45) is 0 Å². The van der Waals surface area contributed by atoms with Gasteiger partial charge in [-0.1, -0.05) is 0 Å². The second kappa shape index (κ2) is 14.3. The molecule has 0 spiro atoms. The molecule has 37 heavy (non-hydrogen) atoms. The Kier molecular flexibility index (Phi) is 11.1. The average molecular weight is 519 g/mol. The average Bonchev–Trinajstić information content (AvgIpc) is 2.89. The van der Waals surface area contributed by atoms with Gasteiger partial charge in [-0.05, 0) is 31.2 Å². The van der Waals surface area contributed by atoms with Crippen molar-refractivity contribution in [3.63, 3.8) is 0 Å². The standard InChI is InChI=1S/C25H34N4O8/c1-5-28(14-23(30)33-2)19-8-6-17(26)12-21(19)36-10-11-37-22-13-18(27)7-9-20(22)29(15-24(31)34-3)16-25(32)35-4/h6-9,12-13H,5,10-11,14-16,26-27H2,1-4H3. The Balaban J connectivity index is 2.18. The van der Waals surface area contributed by atoms with E-state index in [1.807, 2.05) is 6.92 Å². The van der Waals surface area contributed by atoms with E-state index in [2.05, 4.69) is 0 Å². The molecule has 0 atom stereocenters. The topological polar surface area (TPSA) is 156 Å². The van der Waals surface area contributed by atoms with E-state index in [0.29, 0.717) is 40.8 Å². The first-order valence-corrected chi connectivity index (χ1v) is 11.5. The molecule has 2 aromatic carbocycles. The van der Waals surface area contributed by atoms with Gasteiger partial charge in [-0.3, -0.25) is 14.4 Å². The van der Waals surface area contributed by atoms with Crippen LogP contribution in [0.2, 0.25) is 0 Å². The van der Waals surface area contributed by atoms with Gasteiger partial charge in [-0.25, -0.2) is 0 Å². The molecule has 0 unspecified atom stereocenters. The molecule has 0 aromatic heterocycles. The Labute approximate surface area is 215 Å². The van der Waals surface area contributed by atoms with Crippen molar-refractivity contribution in [3.05, 3.63) is 36.4 Å². The Morgan fingerprint density at radius 3 is 1.43 bits per heavy atom. The third-order valence-corrected chi connectivity index (χ3v) is 5.27. The number of benzene rings is 2. The van der Waals surface area contributed by atoms with Gasteiger partial charge < -0.3 is 45.0 Å². The van der Waals surface area contributed by atoms with Crippen molar-refractivity contribution < 1.29 is 38.1 Å². The Morgan fingerprint density at radius 1 is 0.676 bits per heavy atom. The summed E-state index contributed by atoms with van der Waals surface area (Å²) in [4.78, 5) is 39.0. The molecular weight excluding hydrogens is 484 g/mol. The van der Waals surface area contributed by atoms with Gasteiger partial charge in [0.05, 0.1) is 32.7 Å². The number of nitrogen functional groups attached to an aromatic ring is 2. The van der Waals surface area contributed by atoms with Crippen molar-refractivity contribution in [2.45, 2.75) is 6.92 Å². The third kappa shape index (κ3) is 8.67. The first-order chi connectivity index (χ1) is 17.7. The van der Waals surface area contributed by atoms with E-state index >= 15 is 0 Å². The predicted octanol–water partition coefficient (Wildman–Crippen LogP) is 1.46. The summed E-state index contributed by atoms with van der Waals surface area (Å²) in [7, 11) is 3.84. The molecule has 202 valence electrons. The van der Waals surface area contributed by atoms with Crippen LogP contribution >= 0.6 is 0 Å². The molecule has 12 nitrogen and oxygen atoms in total. The van der Waals surface area contributed by atoms with Gasteiger partial charge in [-0.2, -0.15) is 0 Å². The minimum absolute atomic E-state index is 0.0483. The molecule has 12 heteroatoms. The van der Waals surface area contributed by atoms with E-state index in [1.54, 1.807) is 41.3 Å². The number of rotatable bonds is 14. The summed E-state index contributed by atoms with van der Waals surface area (Å²) in [6.45, 7) is 2.29. The molecule has 0 bridgehead atoms. The van der Waals surface area contributed by atoms with Crippen molar-refractivity contribution >= 4 is 40.7 Å². The van der Waals surface area contributed by atoms with Crippen LogP contribution in [0.1, 0.15) is 6.92 Å². The largest absolute Gasteiger partial charge is 0.488 e. The number of likely N-dealkylation sites (N-methyl/N-ethyl adjacent to an activating group) is 1. The molecule has 0 radical (unpaired) electrons. The normalized spacial score (nSPS) is 10.3. The lowest BCUT2D eigenvalue weighted by atomic mass is 10.2. The number of carbonyl (C=O) groups is 3. The van der Waals surface area contributed by atoms with Gasteiger partial charge in [0.2, 0.25) is 0 Å². The molecule has 0 aliphatic rings. The summed E-state index contributed by atoms with van der Waals surface area (Å²) in [5, 5.41) is 0. The zero-order chi connectivity index (χ0) is 27.4. The number of hydrogen-bond acceptors (Lipinski definition) is 12. The van der Waals surface area contributed by atoms with Crippen LogP contribution in [0.3, 0.4) is 0 Å². The number of nitrogens with zero attached hydrogens (tertiary/aromatic N) is 2. The highest BCUT2D eigenvalue weighted by atomic mass is 16.5. The molecule has 2 rings (SSSR count). The quantitative estimate of drug-likeness (QED) is 0.161. The fourth-order valence-corrected chi connectivity index (χ4v) is 3.37. The Morgan fingerprint density at radius 2 is 1.05 bits per heavy atom. The molecule has 0 saturated carbocycles. The summed E-state index contributed by atoms with van der Waals surface area (Å²) in [5.41, 5.74) is 13.9. The summed E-state index contributed by atoms with van der Waals surface area (Å²) < 4.78 is 26.1. The van der Waals surface area contributed by atoms with Crippen LogP contribution in [0, 0.1) is 0 Å². The van der Waals surface area contributed by atoms with Crippen molar-refractivity contribution in [1.29, 1.82) is 0 Å². The fourth-order valence-electron chi connectivity index (χ4n) is 3.37. The highest BCUT2D eigenvalue weighted by molar-refractivity contribution is 5.83. The fraction of sp³-hybridized carbons (Fsp3) is 0.400. The Bertz CT molecular complexity index is 1060. The second-order valence-electron chi connectivity index (χ2n) is 7.75. The number of hydrogen-bond donors (Lipinski definition) is 2. The van der Waals surface area contributed by atoms with E-state index in [-0.39, 0.29) is 38.8 Å². The molecule has 0 heterocycles. The minimum atomic E-state index is -0.545. The lowest BCUT2D eigenvalue weighted by Gasteiger charge is -2.25. The number of carbonyl (C=O) groups excluding carboxylic acids is 3. The van der Waals surface area contributed by atoms with Crippen LogP contribution < -0.4 is 30.7 Å². The van der Waals surface area contributed by atoms with Gasteiger partial charge in [-0.15, -0.1) is 0 Å². The van der Waals surface area contributed by atoms with E-state index in [9.17, 15) is 14.4 Å². The third-order valence-electron chi connectivity index (χ3n) is 5.27. The maximum absolute atomic E-state index is 11.9. The maximum Gasteiger partial charge on any atom is 0.325 e. The maximum atomic E-state index is 11.9. The molecule has 2 aromatic rings. The number of ether oxygens (including phenoxy) is 5. The van der Waals surface area contributed by atoms with Crippen LogP contribution in [-0.2, 0) is 28.6 Å². The molecule has 0 aliphatic heterocycles. The first-order valence-electron chi connectivity index (χ1n) is 11.5. The molecule has 0 aliphatic carbocycles. The van der Waals surface area contributed by atoms with Crippen LogP contribution in [0.5, 0.6) is 11.5 Å². The predicted molar refractivity (Wildman–Crippen MR) is 139 cm³/mol. The van der Waals surface area contributed by atoms with Crippen molar-refractivity contribution in [3.8, 4) is 11.5 Å². The van der Waals surface area contributed by atoms with E-state index in [4.69, 9.17) is 35.2 Å². The number of methoxy groups -OCH3 is 3. The number of esters is 3. The molecular formula is C25H34N4O8. The summed E-state index contributed by atoms with van der Waals surface area (Å²) in [6.07, 6.45) is 0. The van der Waals surface area contributed by atoms with Crippen LogP contribution in [0.25, 0.3) is 0 Å². The highest BCUT2D eigenvalue weighted by Crippen LogP contribution is 2.32. The first kappa shape index (κ1) is 28.9. The summed E-state index contributed by atoms with van der Waals surface area (Å²) in [5.74, 6) is -0.663. The van der Waals surface area contributed by atoms with Gasteiger partial charge in [0.1, 0.15) is 44.3 Å². The molecule has 0 amide bonds. The SMILES string of the molecule is CCN(CC(=O)OC)c1ccc(N)cc1OCCOc1cc(N)ccc1N(CC(=O)OC)CC(=O)OC. The van der Waals surface area contributed by atoms with Gasteiger partial charge in [0, 0.05) is 30.1 Å². The lowest BCUT2D eigenvalue weighted by Crippen LogP contribution is -2.36. The van der Waals surface area contributed by atoms with Gasteiger partial charge in [0.15, 0.2) is 0 Å². The number of anilines is 4. The summed E-state index contributed by atoms with van der Waals surface area (Å²) in [6, 6.07) is 9.99. The summed E-state index contributed by atoms with van der Waals surface area (Å²) >= 11 is 0. The van der Waals surface area contributed by atoms with E-state index < -0.39 is 11.9 Å². The highest BCUT2D eigenvalue weighted by Gasteiger charge is 2.20. The minimum Gasteiger partial charge on any atom is -0.488 e. The van der Waals surface area contributed by atoms with Crippen LogP contribution in [0.15, 0.2) is 36.4 Å². The van der Waals surface area contributed by atoms with Crippen LogP contribution in [0.4, 0.5) is 22.7 Å². The zero-order valence-corrected chi connectivity index (χ0v) is 21.5. The van der Waals surface area contributed by atoms with E-state index in [1.165, 1.54) is 26.2 Å². The van der Waals surface area contributed by atoms with Gasteiger partial charge >= 0.3 is 17.9 Å². The van der Waals surface area contributed by atoms with E-state index in [0.717, 1.165) is 0 Å². The number of nitrogens with two attached hydrogens (primary N) is 2. The van der Waals surface area contributed by atoms with Crippen LogP contribution in [-0.4, -0.2) is 78.6 Å². The van der Waals surface area contributed by atoms with Crippen molar-refractivity contribution in [2.75, 3.05) is 82.0 Å². The molecule has 0 saturated heterocycles. The monoisotopic (exact) mass is 518 g/mol. The zero-order valence-electron chi connectivity index (χ0n) is 21.5.